The van der Waals surface area contributed by atoms with E-state index in [4.69, 9.17) is 4.55 Å². The van der Waals surface area contributed by atoms with E-state index in [9.17, 15) is 35.2 Å². The van der Waals surface area contributed by atoms with Crippen LogP contribution in [0.5, 0.6) is 0 Å². The molecule has 144 valence electrons. The van der Waals surface area contributed by atoms with Gasteiger partial charge < -0.3 is 4.74 Å². The first-order chi connectivity index (χ1) is 11.7. The van der Waals surface area contributed by atoms with Crippen LogP contribution < -0.4 is 0 Å². The van der Waals surface area contributed by atoms with Gasteiger partial charge in [0.05, 0.1) is 5.41 Å². The van der Waals surface area contributed by atoms with Gasteiger partial charge in [-0.3, -0.25) is 9.35 Å². The molecule has 0 saturated heterocycles. The van der Waals surface area contributed by atoms with Gasteiger partial charge in [0.15, 0.2) is 0 Å². The van der Waals surface area contributed by atoms with Crippen molar-refractivity contribution in [2.75, 3.05) is 0 Å². The summed E-state index contributed by atoms with van der Waals surface area (Å²) in [4.78, 5) is 12.2. The van der Waals surface area contributed by atoms with Crippen LogP contribution in [0.1, 0.15) is 18.1 Å². The summed E-state index contributed by atoms with van der Waals surface area (Å²) < 4.78 is 99.3. The first kappa shape index (κ1) is 20.3. The second-order valence-corrected chi connectivity index (χ2v) is 7.48. The van der Waals surface area contributed by atoms with Crippen molar-refractivity contribution in [2.45, 2.75) is 30.9 Å². The van der Waals surface area contributed by atoms with Gasteiger partial charge in [-0.15, -0.1) is 0 Å². The van der Waals surface area contributed by atoms with E-state index >= 15 is 0 Å². The zero-order chi connectivity index (χ0) is 20.0. The lowest BCUT2D eigenvalue weighted by Crippen LogP contribution is -2.53. The van der Waals surface area contributed by atoms with Gasteiger partial charge in [0.25, 0.3) is 6.10 Å². The molecule has 2 unspecified atom stereocenters. The zero-order valence-electron chi connectivity index (χ0n) is 13.1. The Hall–Kier alpha value is -2.01. The topological polar surface area (TPSA) is 80.7 Å². The maximum absolute atomic E-state index is 13.5. The summed E-state index contributed by atoms with van der Waals surface area (Å²) in [6, 6.07) is 6.59. The standard InChI is InChI=1S/C15H13F5O5S/c1-13(7-6-9-4-2-3-5-10(9)8-13)12(21)25-11(14(16,17)18)15(19,20)26(22,23)24/h2-7,11H,8H2,1H3,(H,22,23,24). The van der Waals surface area contributed by atoms with Gasteiger partial charge in [0.1, 0.15) is 0 Å². The molecule has 0 aromatic heterocycles. The molecule has 2 atom stereocenters. The van der Waals surface area contributed by atoms with Gasteiger partial charge in [-0.05, 0) is 24.5 Å². The summed E-state index contributed by atoms with van der Waals surface area (Å²) in [6.07, 6.45) is -7.80. The smallest absolute Gasteiger partial charge is 0.432 e. The molecule has 0 radical (unpaired) electrons. The monoisotopic (exact) mass is 400 g/mol. The van der Waals surface area contributed by atoms with Crippen molar-refractivity contribution in [1.29, 1.82) is 0 Å². The highest BCUT2D eigenvalue weighted by Crippen LogP contribution is 2.41. The first-order valence-corrected chi connectivity index (χ1v) is 8.52. The second kappa shape index (κ2) is 6.31. The molecule has 0 heterocycles. The van der Waals surface area contributed by atoms with Crippen molar-refractivity contribution in [3.05, 3.63) is 41.5 Å². The number of esters is 1. The molecule has 1 aliphatic rings. The molecule has 0 bridgehead atoms. The van der Waals surface area contributed by atoms with Gasteiger partial charge in [0.2, 0.25) is 0 Å². The van der Waals surface area contributed by atoms with Crippen LogP contribution in [0, 0.1) is 5.41 Å². The zero-order valence-corrected chi connectivity index (χ0v) is 13.9. The molecular formula is C15H13F5O5S. The van der Waals surface area contributed by atoms with Crippen LogP contribution in [-0.4, -0.2) is 36.5 Å². The number of fused-ring (bicyclic) bond motifs is 1. The quantitative estimate of drug-likeness (QED) is 0.477. The number of carbonyl (C=O) groups excluding carboxylic acids is 1. The van der Waals surface area contributed by atoms with Gasteiger partial charge in [-0.25, -0.2) is 0 Å². The minimum absolute atomic E-state index is 0.138. The minimum atomic E-state index is -6.48. The normalized spacial score (nSPS) is 21.8. The Bertz CT molecular complexity index is 846. The Morgan fingerprint density at radius 3 is 2.35 bits per heavy atom. The SMILES string of the molecule is CC1(C(=O)OC(C(F)(F)F)C(F)(F)S(=O)(=O)O)C=Cc2ccccc2C1. The number of ether oxygens (including phenoxy) is 1. The van der Waals surface area contributed by atoms with E-state index in [-0.39, 0.29) is 6.42 Å². The summed E-state index contributed by atoms with van der Waals surface area (Å²) in [7, 11) is -6.48. The van der Waals surface area contributed by atoms with E-state index in [1.54, 1.807) is 24.3 Å². The van der Waals surface area contributed by atoms with E-state index in [2.05, 4.69) is 4.74 Å². The minimum Gasteiger partial charge on any atom is -0.444 e. The van der Waals surface area contributed by atoms with E-state index < -0.39 is 39.0 Å². The van der Waals surface area contributed by atoms with Crippen LogP contribution in [0.2, 0.25) is 0 Å². The van der Waals surface area contributed by atoms with E-state index in [1.807, 2.05) is 0 Å². The molecule has 0 saturated carbocycles. The van der Waals surface area contributed by atoms with Gasteiger partial charge >= 0.3 is 27.5 Å². The third-order valence-electron chi connectivity index (χ3n) is 3.88. The Balaban J connectivity index is 2.34. The van der Waals surface area contributed by atoms with Crippen molar-refractivity contribution in [3.63, 3.8) is 0 Å². The van der Waals surface area contributed by atoms with Gasteiger partial charge in [-0.1, -0.05) is 36.4 Å². The Morgan fingerprint density at radius 2 is 1.81 bits per heavy atom. The molecule has 2 rings (SSSR count). The van der Waals surface area contributed by atoms with Crippen molar-refractivity contribution in [1.82, 2.24) is 0 Å². The molecule has 0 amide bonds. The van der Waals surface area contributed by atoms with Crippen LogP contribution in [0.15, 0.2) is 30.3 Å². The summed E-state index contributed by atoms with van der Waals surface area (Å²) in [6.45, 7) is 1.17. The fourth-order valence-corrected chi connectivity index (χ4v) is 2.88. The van der Waals surface area contributed by atoms with Crippen molar-refractivity contribution >= 4 is 22.2 Å². The number of benzene rings is 1. The molecule has 11 heteroatoms. The fraction of sp³-hybridized carbons (Fsp3) is 0.400. The fourth-order valence-electron chi connectivity index (χ4n) is 2.43. The van der Waals surface area contributed by atoms with E-state index in [0.717, 1.165) is 0 Å². The number of alkyl halides is 5. The molecule has 1 aromatic carbocycles. The van der Waals surface area contributed by atoms with Crippen molar-refractivity contribution < 1.29 is 44.5 Å². The van der Waals surface area contributed by atoms with Gasteiger partial charge in [0, 0.05) is 0 Å². The average molecular weight is 400 g/mol. The largest absolute Gasteiger partial charge is 0.444 e. The number of rotatable bonds is 4. The molecule has 0 spiro atoms. The number of halogens is 5. The third-order valence-corrected chi connectivity index (χ3v) is 4.78. The van der Waals surface area contributed by atoms with Crippen LogP contribution in [0.3, 0.4) is 0 Å². The van der Waals surface area contributed by atoms with Crippen LogP contribution in [0.4, 0.5) is 22.0 Å². The summed E-state index contributed by atoms with van der Waals surface area (Å²) in [5.74, 6) is -1.70. The molecule has 1 aromatic rings. The Kier molecular flexibility index (Phi) is 4.92. The van der Waals surface area contributed by atoms with Crippen LogP contribution >= 0.6 is 0 Å². The lowest BCUT2D eigenvalue weighted by atomic mass is 9.78. The average Bonchev–Trinajstić information content (AvgIpc) is 2.49. The second-order valence-electron chi connectivity index (χ2n) is 5.99. The summed E-state index contributed by atoms with van der Waals surface area (Å²) >= 11 is 0. The van der Waals surface area contributed by atoms with E-state index in [0.29, 0.717) is 11.1 Å². The molecule has 1 aliphatic carbocycles. The molecule has 0 fully saturated rings. The number of carbonyl (C=O) groups is 1. The van der Waals surface area contributed by atoms with Crippen LogP contribution in [-0.2, 0) is 26.1 Å². The van der Waals surface area contributed by atoms with Crippen molar-refractivity contribution in [2.24, 2.45) is 5.41 Å². The first-order valence-electron chi connectivity index (χ1n) is 7.08. The molecule has 26 heavy (non-hydrogen) atoms. The molecule has 0 aliphatic heterocycles. The molecular weight excluding hydrogens is 387 g/mol. The number of hydrogen-bond acceptors (Lipinski definition) is 4. The highest BCUT2D eigenvalue weighted by molar-refractivity contribution is 7.86. The summed E-state index contributed by atoms with van der Waals surface area (Å²) in [5, 5.41) is -5.76. The lowest BCUT2D eigenvalue weighted by molar-refractivity contribution is -0.261. The molecule has 1 N–H and O–H groups in total. The summed E-state index contributed by atoms with van der Waals surface area (Å²) in [5.41, 5.74) is -0.472. The highest BCUT2D eigenvalue weighted by atomic mass is 32.2. The van der Waals surface area contributed by atoms with E-state index in [1.165, 1.54) is 19.1 Å². The van der Waals surface area contributed by atoms with Crippen molar-refractivity contribution in [3.8, 4) is 0 Å². The maximum Gasteiger partial charge on any atom is 0.432 e. The predicted octanol–water partition coefficient (Wildman–Crippen LogP) is 3.22. The Labute approximate surface area is 145 Å². The van der Waals surface area contributed by atoms with Gasteiger partial charge in [-0.2, -0.15) is 30.4 Å². The highest BCUT2D eigenvalue weighted by Gasteiger charge is 2.66. The number of hydrogen-bond donors (Lipinski definition) is 1. The Morgan fingerprint density at radius 1 is 1.23 bits per heavy atom. The maximum atomic E-state index is 13.5. The third kappa shape index (κ3) is 3.73. The van der Waals surface area contributed by atoms with Crippen LogP contribution in [0.25, 0.3) is 6.08 Å². The predicted molar refractivity (Wildman–Crippen MR) is 79.7 cm³/mol. The molecule has 5 nitrogen and oxygen atoms in total. The lowest BCUT2D eigenvalue weighted by Gasteiger charge is -2.32.